The van der Waals surface area contributed by atoms with Crippen molar-refractivity contribution < 1.29 is 13.6 Å². The quantitative estimate of drug-likeness (QED) is 0.488. The molecule has 1 amide bonds. The first-order valence-corrected chi connectivity index (χ1v) is 11.4. The molecule has 5 N–H and O–H groups in total. The summed E-state index contributed by atoms with van der Waals surface area (Å²) in [6, 6.07) is -0.497. The van der Waals surface area contributed by atoms with Gasteiger partial charge in [-0.25, -0.2) is 8.78 Å². The first-order valence-electron chi connectivity index (χ1n) is 11.0. The van der Waals surface area contributed by atoms with Crippen LogP contribution in [-0.2, 0) is 4.79 Å². The summed E-state index contributed by atoms with van der Waals surface area (Å²) in [5, 5.41) is 10.2. The lowest BCUT2D eigenvalue weighted by Gasteiger charge is -2.46. The van der Waals surface area contributed by atoms with Gasteiger partial charge in [0.15, 0.2) is 5.67 Å². The second-order valence-electron chi connectivity index (χ2n) is 9.63. The Labute approximate surface area is 176 Å². The van der Waals surface area contributed by atoms with E-state index in [4.69, 9.17) is 17.3 Å². The number of halogens is 3. The number of carbonyl (C=O) groups excluding carboxylic acids is 1. The van der Waals surface area contributed by atoms with Crippen LogP contribution in [0.1, 0.15) is 39.0 Å². The first-order chi connectivity index (χ1) is 13.8. The number of amides is 1. The maximum Gasteiger partial charge on any atom is 0.257 e. The highest BCUT2D eigenvalue weighted by Crippen LogP contribution is 2.40. The number of nitrogens with one attached hydrogen (secondary N) is 3. The zero-order chi connectivity index (χ0) is 20.8. The third kappa shape index (κ3) is 4.71. The summed E-state index contributed by atoms with van der Waals surface area (Å²) in [6.07, 6.45) is 2.66. The van der Waals surface area contributed by atoms with Crippen molar-refractivity contribution >= 4 is 17.5 Å². The maximum atomic E-state index is 14.1. The van der Waals surface area contributed by atoms with E-state index in [0.717, 1.165) is 19.3 Å². The van der Waals surface area contributed by atoms with E-state index in [1.165, 1.54) is 0 Å². The second kappa shape index (κ2) is 8.54. The highest BCUT2D eigenvalue weighted by Gasteiger charge is 2.51. The van der Waals surface area contributed by atoms with Crippen LogP contribution in [0.5, 0.6) is 0 Å². The van der Waals surface area contributed by atoms with Gasteiger partial charge in [-0.15, -0.1) is 11.6 Å². The van der Waals surface area contributed by atoms with Crippen LogP contribution in [0.2, 0.25) is 0 Å². The van der Waals surface area contributed by atoms with E-state index in [2.05, 4.69) is 22.9 Å². The van der Waals surface area contributed by atoms with Crippen LogP contribution in [0.15, 0.2) is 0 Å². The lowest BCUT2D eigenvalue weighted by molar-refractivity contribution is -0.127. The Bertz CT molecular complexity index is 599. The van der Waals surface area contributed by atoms with Gasteiger partial charge in [0.05, 0.1) is 12.3 Å². The van der Waals surface area contributed by atoms with E-state index in [0.29, 0.717) is 44.3 Å². The van der Waals surface area contributed by atoms with Crippen LogP contribution < -0.4 is 21.7 Å². The molecule has 2 saturated carbocycles. The molecule has 2 aliphatic carbocycles. The minimum absolute atomic E-state index is 0.00404. The molecule has 0 spiro atoms. The van der Waals surface area contributed by atoms with Crippen LogP contribution in [0.4, 0.5) is 8.78 Å². The van der Waals surface area contributed by atoms with Crippen LogP contribution in [0.3, 0.4) is 0 Å². The molecule has 2 saturated heterocycles. The zero-order valence-electron chi connectivity index (χ0n) is 17.0. The Morgan fingerprint density at radius 1 is 1.34 bits per heavy atom. The van der Waals surface area contributed by atoms with Crippen LogP contribution >= 0.6 is 11.6 Å². The predicted octanol–water partition coefficient (Wildman–Crippen LogP) is 1.09. The van der Waals surface area contributed by atoms with E-state index in [1.54, 1.807) is 0 Å². The van der Waals surface area contributed by atoms with Crippen molar-refractivity contribution in [1.29, 1.82) is 0 Å². The van der Waals surface area contributed by atoms with Crippen molar-refractivity contribution in [2.45, 2.75) is 74.6 Å². The molecular formula is C20H34ClF2N5O. The number of hydrogen-bond acceptors (Lipinski definition) is 5. The van der Waals surface area contributed by atoms with Gasteiger partial charge in [0.2, 0.25) is 0 Å². The monoisotopic (exact) mass is 433 g/mol. The summed E-state index contributed by atoms with van der Waals surface area (Å²) in [4.78, 5) is 14.1. The van der Waals surface area contributed by atoms with Crippen molar-refractivity contribution in [2.24, 2.45) is 23.5 Å². The van der Waals surface area contributed by atoms with Gasteiger partial charge in [0.1, 0.15) is 6.17 Å². The lowest BCUT2D eigenvalue weighted by atomic mass is 9.80. The average molecular weight is 434 g/mol. The fourth-order valence-corrected chi connectivity index (χ4v) is 5.38. The Kier molecular flexibility index (Phi) is 6.38. The number of likely N-dealkylation sites (tertiary alicyclic amines) is 1. The van der Waals surface area contributed by atoms with Crippen molar-refractivity contribution in [3.05, 3.63) is 0 Å². The molecule has 0 aromatic carbocycles. The SMILES string of the molecule is CC1CCC(C2NCC(CNC(=O)C3(F)CC3)C(N3CC(N)C(F)C3)N2)CC1Cl. The second-order valence-corrected chi connectivity index (χ2v) is 10.2. The molecule has 4 aliphatic rings. The third-order valence-electron chi connectivity index (χ3n) is 7.34. The van der Waals surface area contributed by atoms with Gasteiger partial charge in [-0.3, -0.25) is 15.0 Å². The Hall–Kier alpha value is -0.540. The van der Waals surface area contributed by atoms with E-state index in [9.17, 15) is 13.6 Å². The molecule has 4 fully saturated rings. The summed E-state index contributed by atoms with van der Waals surface area (Å²) < 4.78 is 28.1. The van der Waals surface area contributed by atoms with Crippen molar-refractivity contribution in [3.8, 4) is 0 Å². The van der Waals surface area contributed by atoms with Gasteiger partial charge in [-0.05, 0) is 43.9 Å². The fourth-order valence-electron chi connectivity index (χ4n) is 5.02. The van der Waals surface area contributed by atoms with Gasteiger partial charge >= 0.3 is 0 Å². The normalized spacial score (nSPS) is 45.1. The van der Waals surface area contributed by atoms with Gasteiger partial charge < -0.3 is 16.4 Å². The molecule has 4 rings (SSSR count). The molecule has 0 aromatic heterocycles. The molecular weight excluding hydrogens is 400 g/mol. The number of hydrogen-bond donors (Lipinski definition) is 4. The minimum atomic E-state index is -1.68. The summed E-state index contributed by atoms with van der Waals surface area (Å²) in [5.41, 5.74) is 4.24. The third-order valence-corrected chi connectivity index (χ3v) is 7.95. The van der Waals surface area contributed by atoms with Gasteiger partial charge in [-0.2, -0.15) is 0 Å². The first kappa shape index (κ1) is 21.7. The van der Waals surface area contributed by atoms with Crippen molar-refractivity contribution in [1.82, 2.24) is 20.9 Å². The smallest absolute Gasteiger partial charge is 0.257 e. The van der Waals surface area contributed by atoms with Gasteiger partial charge in [-0.1, -0.05) is 6.92 Å². The van der Waals surface area contributed by atoms with Crippen LogP contribution in [-0.4, -0.2) is 72.6 Å². The summed E-state index contributed by atoms with van der Waals surface area (Å²) >= 11 is 6.53. The standard InChI is InChI=1S/C20H34ClF2N5O/c1-11-2-3-12(6-14(11)21)17-25-7-13(8-26-19(29)20(23)4-5-20)18(27-17)28-9-15(22)16(24)10-28/h11-18,25,27H,2-10,24H2,1H3,(H,26,29). The molecule has 0 radical (unpaired) electrons. The molecule has 8 atom stereocenters. The molecule has 166 valence electrons. The molecule has 6 nitrogen and oxygen atoms in total. The summed E-state index contributed by atoms with van der Waals surface area (Å²) in [5.74, 6) is 0.412. The molecule has 9 heteroatoms. The van der Waals surface area contributed by atoms with Crippen LogP contribution in [0, 0.1) is 17.8 Å². The maximum absolute atomic E-state index is 14.1. The van der Waals surface area contributed by atoms with Gasteiger partial charge in [0.25, 0.3) is 5.91 Å². The molecule has 0 aromatic rings. The summed E-state index contributed by atoms with van der Waals surface area (Å²) in [7, 11) is 0. The highest BCUT2D eigenvalue weighted by molar-refractivity contribution is 6.20. The van der Waals surface area contributed by atoms with Gasteiger partial charge in [0, 0.05) is 43.5 Å². The molecule has 2 aliphatic heterocycles. The number of carbonyl (C=O) groups is 1. The van der Waals surface area contributed by atoms with Crippen LogP contribution in [0.25, 0.3) is 0 Å². The fraction of sp³-hybridized carbons (Fsp3) is 0.950. The van der Waals surface area contributed by atoms with E-state index >= 15 is 0 Å². The van der Waals surface area contributed by atoms with Crippen molar-refractivity contribution in [3.63, 3.8) is 0 Å². The van der Waals surface area contributed by atoms with E-state index in [-0.39, 0.29) is 30.2 Å². The summed E-state index contributed by atoms with van der Waals surface area (Å²) in [6.45, 7) is 3.97. The average Bonchev–Trinajstić information content (AvgIpc) is 3.37. The largest absolute Gasteiger partial charge is 0.353 e. The minimum Gasteiger partial charge on any atom is -0.353 e. The zero-order valence-corrected chi connectivity index (χ0v) is 17.8. The predicted molar refractivity (Wildman–Crippen MR) is 109 cm³/mol. The molecule has 29 heavy (non-hydrogen) atoms. The molecule has 0 bridgehead atoms. The number of nitrogens with zero attached hydrogens (tertiary/aromatic N) is 1. The number of rotatable bonds is 5. The van der Waals surface area contributed by atoms with E-state index in [1.807, 2.05) is 4.90 Å². The Morgan fingerprint density at radius 2 is 2.10 bits per heavy atom. The topological polar surface area (TPSA) is 82.4 Å². The van der Waals surface area contributed by atoms with E-state index < -0.39 is 23.8 Å². The Morgan fingerprint density at radius 3 is 2.72 bits per heavy atom. The lowest BCUT2D eigenvalue weighted by Crippen LogP contribution is -2.68. The van der Waals surface area contributed by atoms with Crippen molar-refractivity contribution in [2.75, 3.05) is 26.2 Å². The highest BCUT2D eigenvalue weighted by atomic mass is 35.5. The molecule has 2 heterocycles. The number of nitrogens with two attached hydrogens (primary N) is 1. The Balaban J connectivity index is 1.41. The molecule has 8 unspecified atom stereocenters. The number of alkyl halides is 3.